The highest BCUT2D eigenvalue weighted by Crippen LogP contribution is 2.23. The maximum Gasteiger partial charge on any atom is 0.216 e. The minimum Gasteiger partial charge on any atom is -0.481 e. The lowest BCUT2D eigenvalue weighted by Gasteiger charge is -2.15. The number of hydrogen-bond acceptors (Lipinski definition) is 5. The SMILES string of the molecule is CCNC(Cc1cc(OC)ncn1)c1ccc(Cl)o1. The molecule has 0 radical (unpaired) electrons. The second-order valence-corrected chi connectivity index (χ2v) is 4.38. The Balaban J connectivity index is 2.16. The fraction of sp³-hybridized carbons (Fsp3) is 0.385. The molecule has 0 amide bonds. The summed E-state index contributed by atoms with van der Waals surface area (Å²) in [6.45, 7) is 2.86. The van der Waals surface area contributed by atoms with Gasteiger partial charge in [0.2, 0.25) is 5.88 Å². The third-order valence-corrected chi connectivity index (χ3v) is 2.91. The van der Waals surface area contributed by atoms with Crippen LogP contribution in [-0.4, -0.2) is 23.6 Å². The first-order valence-corrected chi connectivity index (χ1v) is 6.44. The quantitative estimate of drug-likeness (QED) is 0.882. The first-order chi connectivity index (χ1) is 9.22. The lowest BCUT2D eigenvalue weighted by molar-refractivity contribution is 0.392. The van der Waals surface area contributed by atoms with E-state index in [0.29, 0.717) is 17.5 Å². The predicted octanol–water partition coefficient (Wildman–Crippen LogP) is 2.62. The molecule has 19 heavy (non-hydrogen) atoms. The molecule has 1 unspecified atom stereocenters. The number of ether oxygens (including phenoxy) is 1. The normalized spacial score (nSPS) is 12.4. The highest BCUT2D eigenvalue weighted by atomic mass is 35.5. The van der Waals surface area contributed by atoms with E-state index in [0.717, 1.165) is 18.0 Å². The van der Waals surface area contributed by atoms with Gasteiger partial charge < -0.3 is 14.5 Å². The molecule has 0 aliphatic carbocycles. The Morgan fingerprint density at radius 3 is 2.89 bits per heavy atom. The van der Waals surface area contributed by atoms with Crippen molar-refractivity contribution in [3.8, 4) is 5.88 Å². The topological polar surface area (TPSA) is 60.2 Å². The Bertz CT molecular complexity index is 530. The number of halogens is 1. The lowest BCUT2D eigenvalue weighted by Crippen LogP contribution is -2.22. The van der Waals surface area contributed by atoms with Crippen LogP contribution in [0.4, 0.5) is 0 Å². The van der Waals surface area contributed by atoms with E-state index < -0.39 is 0 Å². The van der Waals surface area contributed by atoms with Gasteiger partial charge in [-0.1, -0.05) is 6.92 Å². The molecule has 0 fully saturated rings. The van der Waals surface area contributed by atoms with E-state index in [1.165, 1.54) is 6.33 Å². The molecule has 0 bridgehead atoms. The summed E-state index contributed by atoms with van der Waals surface area (Å²) in [5.41, 5.74) is 0.880. The van der Waals surface area contributed by atoms with Crippen molar-refractivity contribution in [2.45, 2.75) is 19.4 Å². The van der Waals surface area contributed by atoms with Gasteiger partial charge in [0.1, 0.15) is 12.1 Å². The molecule has 1 N–H and O–H groups in total. The Hall–Kier alpha value is -1.59. The van der Waals surface area contributed by atoms with Crippen LogP contribution in [0.2, 0.25) is 5.22 Å². The molecule has 6 heteroatoms. The maximum absolute atomic E-state index is 5.82. The molecule has 2 rings (SSSR count). The standard InChI is InChI=1S/C13H16ClN3O2/c1-3-15-10(11-4-5-12(14)19-11)6-9-7-13(18-2)17-8-16-9/h4-5,7-8,10,15H,3,6H2,1-2H3. The number of hydrogen-bond donors (Lipinski definition) is 1. The third kappa shape index (κ3) is 3.68. The molecular weight excluding hydrogens is 266 g/mol. The van der Waals surface area contributed by atoms with Crippen LogP contribution in [0, 0.1) is 0 Å². The van der Waals surface area contributed by atoms with Gasteiger partial charge in [0.15, 0.2) is 5.22 Å². The average Bonchev–Trinajstić information content (AvgIpc) is 2.85. The summed E-state index contributed by atoms with van der Waals surface area (Å²) >= 11 is 5.82. The lowest BCUT2D eigenvalue weighted by atomic mass is 10.1. The van der Waals surface area contributed by atoms with Crippen molar-refractivity contribution in [2.75, 3.05) is 13.7 Å². The Labute approximate surface area is 117 Å². The highest BCUT2D eigenvalue weighted by Gasteiger charge is 2.16. The van der Waals surface area contributed by atoms with Crippen LogP contribution < -0.4 is 10.1 Å². The van der Waals surface area contributed by atoms with Crippen LogP contribution in [0.15, 0.2) is 28.9 Å². The summed E-state index contributed by atoms with van der Waals surface area (Å²) in [7, 11) is 1.58. The average molecular weight is 282 g/mol. The zero-order valence-corrected chi connectivity index (χ0v) is 11.6. The molecule has 0 saturated carbocycles. The third-order valence-electron chi connectivity index (χ3n) is 2.71. The number of methoxy groups -OCH3 is 1. The van der Waals surface area contributed by atoms with Gasteiger partial charge in [-0.15, -0.1) is 0 Å². The molecule has 2 aromatic heterocycles. The van der Waals surface area contributed by atoms with E-state index in [1.807, 2.05) is 19.1 Å². The van der Waals surface area contributed by atoms with Crippen LogP contribution in [0.5, 0.6) is 5.88 Å². The zero-order chi connectivity index (χ0) is 13.7. The molecule has 0 aliphatic heterocycles. The molecule has 1 atom stereocenters. The molecule has 0 aliphatic rings. The minimum absolute atomic E-state index is 0.0251. The van der Waals surface area contributed by atoms with Crippen molar-refractivity contribution in [2.24, 2.45) is 0 Å². The van der Waals surface area contributed by atoms with Gasteiger partial charge in [0, 0.05) is 18.2 Å². The van der Waals surface area contributed by atoms with Gasteiger partial charge in [-0.3, -0.25) is 0 Å². The van der Waals surface area contributed by atoms with Crippen molar-refractivity contribution in [1.29, 1.82) is 0 Å². The summed E-state index contributed by atoms with van der Waals surface area (Å²) in [6, 6.07) is 5.45. The Morgan fingerprint density at radius 2 is 2.26 bits per heavy atom. The second kappa shape index (κ2) is 6.54. The number of rotatable bonds is 6. The van der Waals surface area contributed by atoms with E-state index in [2.05, 4.69) is 15.3 Å². The Morgan fingerprint density at radius 1 is 1.42 bits per heavy atom. The van der Waals surface area contributed by atoms with Gasteiger partial charge in [-0.2, -0.15) is 0 Å². The molecule has 5 nitrogen and oxygen atoms in total. The summed E-state index contributed by atoms with van der Waals surface area (Å²) in [4.78, 5) is 8.23. The number of nitrogens with one attached hydrogen (secondary N) is 1. The molecule has 2 heterocycles. The van der Waals surface area contributed by atoms with Crippen molar-refractivity contribution in [1.82, 2.24) is 15.3 Å². The van der Waals surface area contributed by atoms with E-state index >= 15 is 0 Å². The first kappa shape index (κ1) is 13.8. The first-order valence-electron chi connectivity index (χ1n) is 6.06. The van der Waals surface area contributed by atoms with Crippen molar-refractivity contribution in [3.63, 3.8) is 0 Å². The largest absolute Gasteiger partial charge is 0.481 e. The van der Waals surface area contributed by atoms with Crippen LogP contribution in [0.1, 0.15) is 24.4 Å². The van der Waals surface area contributed by atoms with E-state index in [1.54, 1.807) is 13.2 Å². The summed E-state index contributed by atoms with van der Waals surface area (Å²) in [5.74, 6) is 1.35. The van der Waals surface area contributed by atoms with Crippen molar-refractivity contribution >= 4 is 11.6 Å². The summed E-state index contributed by atoms with van der Waals surface area (Å²) < 4.78 is 10.5. The molecule has 102 valence electrons. The molecule has 0 saturated heterocycles. The van der Waals surface area contributed by atoms with Crippen LogP contribution in [-0.2, 0) is 6.42 Å². The van der Waals surface area contributed by atoms with E-state index in [-0.39, 0.29) is 6.04 Å². The van der Waals surface area contributed by atoms with Gasteiger partial charge in [-0.05, 0) is 30.3 Å². The highest BCUT2D eigenvalue weighted by molar-refractivity contribution is 6.28. The van der Waals surface area contributed by atoms with Gasteiger partial charge in [0.25, 0.3) is 0 Å². The fourth-order valence-corrected chi connectivity index (χ4v) is 2.00. The van der Waals surface area contributed by atoms with Gasteiger partial charge in [0.05, 0.1) is 13.2 Å². The minimum atomic E-state index is 0.0251. The van der Waals surface area contributed by atoms with E-state index in [9.17, 15) is 0 Å². The van der Waals surface area contributed by atoms with Crippen LogP contribution in [0.3, 0.4) is 0 Å². The predicted molar refractivity (Wildman–Crippen MR) is 72.4 cm³/mol. The second-order valence-electron chi connectivity index (χ2n) is 4.01. The van der Waals surface area contributed by atoms with Crippen LogP contribution >= 0.6 is 11.6 Å². The monoisotopic (exact) mass is 281 g/mol. The smallest absolute Gasteiger partial charge is 0.216 e. The summed E-state index contributed by atoms with van der Waals surface area (Å²) in [6.07, 6.45) is 2.17. The molecule has 0 aromatic carbocycles. The molecule has 2 aromatic rings. The number of nitrogens with zero attached hydrogens (tertiary/aromatic N) is 2. The van der Waals surface area contributed by atoms with Gasteiger partial charge in [-0.25, -0.2) is 9.97 Å². The molecule has 0 spiro atoms. The van der Waals surface area contributed by atoms with E-state index in [4.69, 9.17) is 20.8 Å². The molecular formula is C13H16ClN3O2. The fourth-order valence-electron chi connectivity index (χ4n) is 1.84. The van der Waals surface area contributed by atoms with Crippen molar-refractivity contribution in [3.05, 3.63) is 41.2 Å². The van der Waals surface area contributed by atoms with Gasteiger partial charge >= 0.3 is 0 Å². The Kier molecular flexibility index (Phi) is 4.76. The number of likely N-dealkylation sites (N-methyl/N-ethyl adjacent to an activating group) is 1. The summed E-state index contributed by atoms with van der Waals surface area (Å²) in [5, 5.41) is 3.73. The zero-order valence-electron chi connectivity index (χ0n) is 10.9. The number of furan rings is 1. The van der Waals surface area contributed by atoms with Crippen molar-refractivity contribution < 1.29 is 9.15 Å². The van der Waals surface area contributed by atoms with Crippen LogP contribution in [0.25, 0.3) is 0 Å². The maximum atomic E-state index is 5.82. The number of aromatic nitrogens is 2.